The first kappa shape index (κ1) is 27.5. The molecule has 0 atom stereocenters. The molecule has 0 spiro atoms. The molecule has 4 aromatic carbocycles. The quantitative estimate of drug-likeness (QED) is 0.155. The molecule has 4 aromatic rings. The Balaban J connectivity index is 1.37. The topological polar surface area (TPSA) is 80.6 Å². The Morgan fingerprint density at radius 2 is 1.64 bits per heavy atom. The van der Waals surface area contributed by atoms with E-state index in [1.807, 2.05) is 55.5 Å². The lowest BCUT2D eigenvalue weighted by Gasteiger charge is -2.12. The third kappa shape index (κ3) is 7.97. The zero-order valence-electron chi connectivity index (χ0n) is 21.6. The molecule has 0 saturated carbocycles. The van der Waals surface area contributed by atoms with Crippen LogP contribution in [-0.4, -0.2) is 13.0 Å². The summed E-state index contributed by atoms with van der Waals surface area (Å²) in [5.74, 6) is 1.23. The zero-order chi connectivity index (χ0) is 27.6. The van der Waals surface area contributed by atoms with Gasteiger partial charge in [0.25, 0.3) is 5.91 Å². The third-order valence-corrected chi connectivity index (χ3v) is 6.30. The fourth-order valence-corrected chi connectivity index (χ4v) is 4.02. The van der Waals surface area contributed by atoms with Crippen molar-refractivity contribution in [3.8, 4) is 23.3 Å². The number of nitrogens with one attached hydrogen (secondary N) is 1. The molecule has 0 fully saturated rings. The Labute approximate surface area is 236 Å². The van der Waals surface area contributed by atoms with E-state index in [1.165, 1.54) is 6.08 Å². The lowest BCUT2D eigenvalue weighted by atomic mass is 10.1. The van der Waals surface area contributed by atoms with Gasteiger partial charge in [-0.25, -0.2) is 0 Å². The first-order valence-electron chi connectivity index (χ1n) is 12.2. The highest BCUT2D eigenvalue weighted by Gasteiger charge is 2.12. The van der Waals surface area contributed by atoms with Crippen molar-refractivity contribution in [2.75, 3.05) is 12.4 Å². The van der Waals surface area contributed by atoms with E-state index in [9.17, 15) is 10.1 Å². The van der Waals surface area contributed by atoms with Crippen LogP contribution >= 0.6 is 15.9 Å². The predicted octanol–water partition coefficient (Wildman–Crippen LogP) is 7.47. The molecule has 1 N–H and O–H groups in total. The van der Waals surface area contributed by atoms with Crippen LogP contribution in [0.5, 0.6) is 17.2 Å². The van der Waals surface area contributed by atoms with Crippen LogP contribution in [0.15, 0.2) is 101 Å². The van der Waals surface area contributed by atoms with Crippen LogP contribution < -0.4 is 19.5 Å². The number of halogens is 1. The first-order valence-corrected chi connectivity index (χ1v) is 13.0. The molecule has 196 valence electrons. The fraction of sp³-hybridized carbons (Fsp3) is 0.125. The summed E-state index contributed by atoms with van der Waals surface area (Å²) < 4.78 is 18.2. The number of aryl methyl sites for hydroxylation is 1. The summed E-state index contributed by atoms with van der Waals surface area (Å²) >= 11 is 3.42. The van der Waals surface area contributed by atoms with Gasteiger partial charge < -0.3 is 19.5 Å². The second-order valence-electron chi connectivity index (χ2n) is 8.75. The molecule has 0 bridgehead atoms. The highest BCUT2D eigenvalue weighted by atomic mass is 79.9. The Morgan fingerprint density at radius 3 is 2.33 bits per heavy atom. The van der Waals surface area contributed by atoms with Gasteiger partial charge in [-0.1, -0.05) is 64.0 Å². The second kappa shape index (κ2) is 13.3. The lowest BCUT2D eigenvalue weighted by Crippen LogP contribution is -2.13. The van der Waals surface area contributed by atoms with Gasteiger partial charge in [0.05, 0.1) is 7.11 Å². The molecule has 0 aromatic heterocycles. The van der Waals surface area contributed by atoms with Gasteiger partial charge in [0.2, 0.25) is 0 Å². The summed E-state index contributed by atoms with van der Waals surface area (Å²) in [7, 11) is 1.55. The molecule has 0 saturated heterocycles. The number of ether oxygens (including phenoxy) is 3. The van der Waals surface area contributed by atoms with Gasteiger partial charge in [-0.2, -0.15) is 5.26 Å². The van der Waals surface area contributed by atoms with E-state index in [0.29, 0.717) is 41.7 Å². The number of methoxy groups -OCH3 is 1. The highest BCUT2D eigenvalue weighted by molar-refractivity contribution is 9.10. The fourth-order valence-electron chi connectivity index (χ4n) is 3.75. The SMILES string of the molecule is COc1cc(/C=C(\C#N)C(=O)Nc2ccc(OCc3ccc(Br)cc3)cc2)ccc1OCc1cccc(C)c1. The van der Waals surface area contributed by atoms with Crippen LogP contribution in [0.3, 0.4) is 0 Å². The van der Waals surface area contributed by atoms with Crippen molar-refractivity contribution in [1.82, 2.24) is 0 Å². The monoisotopic (exact) mass is 582 g/mol. The average molecular weight is 583 g/mol. The zero-order valence-corrected chi connectivity index (χ0v) is 23.2. The van der Waals surface area contributed by atoms with Crippen LogP contribution in [0.4, 0.5) is 5.69 Å². The molecule has 6 nitrogen and oxygen atoms in total. The predicted molar refractivity (Wildman–Crippen MR) is 156 cm³/mol. The van der Waals surface area contributed by atoms with Crippen LogP contribution in [0.2, 0.25) is 0 Å². The molecule has 0 aliphatic rings. The van der Waals surface area contributed by atoms with Gasteiger partial charge in [0.1, 0.15) is 30.6 Å². The van der Waals surface area contributed by atoms with Crippen LogP contribution in [-0.2, 0) is 18.0 Å². The number of carbonyl (C=O) groups is 1. The molecule has 1 amide bonds. The van der Waals surface area contributed by atoms with Crippen molar-refractivity contribution >= 4 is 33.6 Å². The molecule has 0 unspecified atom stereocenters. The molecule has 0 aliphatic heterocycles. The Morgan fingerprint density at radius 1 is 0.897 bits per heavy atom. The summed E-state index contributed by atoms with van der Waals surface area (Å²) in [6, 6.07) is 30.2. The normalized spacial score (nSPS) is 10.9. The maximum atomic E-state index is 12.8. The van der Waals surface area contributed by atoms with Crippen molar-refractivity contribution in [1.29, 1.82) is 5.26 Å². The Kier molecular flexibility index (Phi) is 9.39. The molecule has 7 heteroatoms. The smallest absolute Gasteiger partial charge is 0.266 e. The highest BCUT2D eigenvalue weighted by Crippen LogP contribution is 2.30. The molecule has 0 heterocycles. The maximum absolute atomic E-state index is 12.8. The van der Waals surface area contributed by atoms with E-state index in [2.05, 4.69) is 27.3 Å². The summed E-state index contributed by atoms with van der Waals surface area (Å²) in [6.07, 6.45) is 1.51. The molecule has 0 aliphatic carbocycles. The number of hydrogen-bond acceptors (Lipinski definition) is 5. The molecular weight excluding hydrogens is 556 g/mol. The van der Waals surface area contributed by atoms with Crippen molar-refractivity contribution in [3.63, 3.8) is 0 Å². The number of rotatable bonds is 10. The van der Waals surface area contributed by atoms with Gasteiger partial charge in [-0.05, 0) is 78.2 Å². The molecule has 4 rings (SSSR count). The van der Waals surface area contributed by atoms with Crippen molar-refractivity contribution in [2.45, 2.75) is 20.1 Å². The van der Waals surface area contributed by atoms with Gasteiger partial charge in [-0.3, -0.25) is 4.79 Å². The molecule has 39 heavy (non-hydrogen) atoms. The van der Waals surface area contributed by atoms with E-state index in [4.69, 9.17) is 14.2 Å². The minimum absolute atomic E-state index is 0.0407. The number of hydrogen-bond donors (Lipinski definition) is 1. The largest absolute Gasteiger partial charge is 0.493 e. The average Bonchev–Trinajstić information content (AvgIpc) is 2.95. The minimum atomic E-state index is -0.514. The Hall–Kier alpha value is -4.54. The van der Waals surface area contributed by atoms with Crippen LogP contribution in [0, 0.1) is 18.3 Å². The van der Waals surface area contributed by atoms with Gasteiger partial charge in [-0.15, -0.1) is 0 Å². The Bertz CT molecular complexity index is 1510. The standard InChI is InChI=1S/C32H27BrN2O4/c1-22-4-3-5-25(16-22)21-39-30-15-8-24(18-31(30)37-2)17-26(19-34)32(36)35-28-11-13-29(14-12-28)38-20-23-6-9-27(33)10-7-23/h3-18H,20-21H2,1-2H3,(H,35,36)/b26-17+. The van der Waals surface area contributed by atoms with Crippen LogP contribution in [0.25, 0.3) is 6.08 Å². The van der Waals surface area contributed by atoms with E-state index < -0.39 is 5.91 Å². The summed E-state index contributed by atoms with van der Waals surface area (Å²) in [4.78, 5) is 12.8. The van der Waals surface area contributed by atoms with Crippen molar-refractivity contribution in [2.24, 2.45) is 0 Å². The van der Waals surface area contributed by atoms with E-state index in [1.54, 1.807) is 49.6 Å². The molecule has 0 radical (unpaired) electrons. The van der Waals surface area contributed by atoms with E-state index in [-0.39, 0.29) is 5.57 Å². The number of benzene rings is 4. The maximum Gasteiger partial charge on any atom is 0.266 e. The van der Waals surface area contributed by atoms with Crippen molar-refractivity contribution in [3.05, 3.63) is 123 Å². The van der Waals surface area contributed by atoms with Crippen molar-refractivity contribution < 1.29 is 19.0 Å². The second-order valence-corrected chi connectivity index (χ2v) is 9.67. The summed E-state index contributed by atoms with van der Waals surface area (Å²) in [5, 5.41) is 12.4. The number of carbonyl (C=O) groups excluding carboxylic acids is 1. The van der Waals surface area contributed by atoms with Crippen LogP contribution in [0.1, 0.15) is 22.3 Å². The first-order chi connectivity index (χ1) is 18.9. The number of anilines is 1. The van der Waals surface area contributed by atoms with Gasteiger partial charge in [0.15, 0.2) is 11.5 Å². The lowest BCUT2D eigenvalue weighted by molar-refractivity contribution is -0.112. The van der Waals surface area contributed by atoms with Gasteiger partial charge >= 0.3 is 0 Å². The minimum Gasteiger partial charge on any atom is -0.493 e. The summed E-state index contributed by atoms with van der Waals surface area (Å²) in [5.41, 5.74) is 4.40. The number of nitrogens with zero attached hydrogens (tertiary/aromatic N) is 1. The van der Waals surface area contributed by atoms with E-state index >= 15 is 0 Å². The number of amides is 1. The number of nitriles is 1. The third-order valence-electron chi connectivity index (χ3n) is 5.77. The van der Waals surface area contributed by atoms with Gasteiger partial charge in [0, 0.05) is 10.2 Å². The van der Waals surface area contributed by atoms with E-state index in [0.717, 1.165) is 21.2 Å². The summed E-state index contributed by atoms with van der Waals surface area (Å²) in [6.45, 7) is 2.86. The molecular formula is C32H27BrN2O4.